The highest BCUT2D eigenvalue weighted by Gasteiger charge is 2.18. The van der Waals surface area contributed by atoms with Crippen LogP contribution in [0.4, 0.5) is 8.78 Å². The van der Waals surface area contributed by atoms with Gasteiger partial charge in [-0.2, -0.15) is 0 Å². The summed E-state index contributed by atoms with van der Waals surface area (Å²) in [5, 5.41) is 3.04. The van der Waals surface area contributed by atoms with E-state index < -0.39 is 11.6 Å². The molecule has 1 heterocycles. The number of nitrogens with zero attached hydrogens (tertiary/aromatic N) is 1. The van der Waals surface area contributed by atoms with Crippen LogP contribution in [0.5, 0.6) is 0 Å². The second kappa shape index (κ2) is 6.20. The van der Waals surface area contributed by atoms with Gasteiger partial charge in [0.25, 0.3) is 0 Å². The lowest BCUT2D eigenvalue weighted by Crippen LogP contribution is -2.25. The molecule has 5 heteroatoms. The molecule has 1 atom stereocenters. The maximum absolute atomic E-state index is 13.2. The van der Waals surface area contributed by atoms with Crippen molar-refractivity contribution < 1.29 is 8.78 Å². The SMILES string of the molecule is CC(C)(C)c1csc(CC(N)Cc2ccc(F)c(F)c2)n1. The molecule has 2 N–H and O–H groups in total. The Morgan fingerprint density at radius 3 is 2.48 bits per heavy atom. The van der Waals surface area contributed by atoms with Gasteiger partial charge in [-0.3, -0.25) is 0 Å². The summed E-state index contributed by atoms with van der Waals surface area (Å²) in [4.78, 5) is 4.60. The molecule has 2 aromatic rings. The van der Waals surface area contributed by atoms with E-state index in [0.29, 0.717) is 18.4 Å². The van der Waals surface area contributed by atoms with Crippen molar-refractivity contribution >= 4 is 11.3 Å². The molecule has 0 radical (unpaired) electrons. The number of rotatable bonds is 4. The molecule has 0 aliphatic heterocycles. The zero-order chi connectivity index (χ0) is 15.6. The standard InChI is InChI=1S/C16H20F2N2S/c1-16(2,3)14-9-21-15(20-14)8-11(19)6-10-4-5-12(17)13(18)7-10/h4-5,7,9,11H,6,8,19H2,1-3H3. The number of benzene rings is 1. The van der Waals surface area contributed by atoms with Gasteiger partial charge < -0.3 is 5.73 Å². The van der Waals surface area contributed by atoms with Crippen LogP contribution in [-0.2, 0) is 18.3 Å². The molecular weight excluding hydrogens is 290 g/mol. The average Bonchev–Trinajstić information content (AvgIpc) is 2.82. The second-order valence-electron chi connectivity index (χ2n) is 6.29. The zero-order valence-corrected chi connectivity index (χ0v) is 13.3. The van der Waals surface area contributed by atoms with Crippen molar-refractivity contribution in [3.05, 3.63) is 51.5 Å². The Morgan fingerprint density at radius 1 is 1.19 bits per heavy atom. The molecule has 2 nitrogen and oxygen atoms in total. The summed E-state index contributed by atoms with van der Waals surface area (Å²) in [7, 11) is 0. The number of nitrogens with two attached hydrogens (primary N) is 1. The van der Waals surface area contributed by atoms with E-state index in [2.05, 4.69) is 31.1 Å². The first-order chi connectivity index (χ1) is 9.75. The molecule has 0 fully saturated rings. The van der Waals surface area contributed by atoms with Crippen molar-refractivity contribution in [2.45, 2.75) is 45.1 Å². The number of halogens is 2. The zero-order valence-electron chi connectivity index (χ0n) is 12.5. The molecule has 114 valence electrons. The van der Waals surface area contributed by atoms with Crippen LogP contribution >= 0.6 is 11.3 Å². The van der Waals surface area contributed by atoms with Gasteiger partial charge >= 0.3 is 0 Å². The van der Waals surface area contributed by atoms with E-state index in [9.17, 15) is 8.78 Å². The van der Waals surface area contributed by atoms with Crippen molar-refractivity contribution in [2.75, 3.05) is 0 Å². The van der Waals surface area contributed by atoms with Crippen LogP contribution in [0.2, 0.25) is 0 Å². The summed E-state index contributed by atoms with van der Waals surface area (Å²) in [6.07, 6.45) is 1.14. The molecule has 1 aromatic carbocycles. The Balaban J connectivity index is 1.99. The lowest BCUT2D eigenvalue weighted by Gasteiger charge is -2.14. The fraction of sp³-hybridized carbons (Fsp3) is 0.438. The van der Waals surface area contributed by atoms with E-state index in [1.807, 2.05) is 0 Å². The van der Waals surface area contributed by atoms with Crippen LogP contribution in [0, 0.1) is 11.6 Å². The van der Waals surface area contributed by atoms with E-state index in [-0.39, 0.29) is 11.5 Å². The highest BCUT2D eigenvalue weighted by atomic mass is 32.1. The summed E-state index contributed by atoms with van der Waals surface area (Å²) < 4.78 is 26.0. The van der Waals surface area contributed by atoms with Gasteiger partial charge in [-0.1, -0.05) is 26.8 Å². The first-order valence-electron chi connectivity index (χ1n) is 6.90. The fourth-order valence-corrected chi connectivity index (χ4v) is 3.13. The first kappa shape index (κ1) is 16.0. The highest BCUT2D eigenvalue weighted by molar-refractivity contribution is 7.09. The Kier molecular flexibility index (Phi) is 4.74. The van der Waals surface area contributed by atoms with Gasteiger partial charge in [0.15, 0.2) is 11.6 Å². The summed E-state index contributed by atoms with van der Waals surface area (Å²) in [6.45, 7) is 6.35. The predicted octanol–water partition coefficient (Wildman–Crippen LogP) is 3.83. The number of hydrogen-bond donors (Lipinski definition) is 1. The summed E-state index contributed by atoms with van der Waals surface area (Å²) >= 11 is 1.60. The van der Waals surface area contributed by atoms with E-state index in [1.165, 1.54) is 6.07 Å². The monoisotopic (exact) mass is 310 g/mol. The molecule has 0 bridgehead atoms. The van der Waals surface area contributed by atoms with Crippen molar-refractivity contribution in [1.29, 1.82) is 0 Å². The molecule has 0 aliphatic rings. The van der Waals surface area contributed by atoms with Crippen LogP contribution in [-0.4, -0.2) is 11.0 Å². The van der Waals surface area contributed by atoms with Crippen molar-refractivity contribution in [2.24, 2.45) is 5.73 Å². The second-order valence-corrected chi connectivity index (χ2v) is 7.24. The number of thiazole rings is 1. The van der Waals surface area contributed by atoms with Crippen LogP contribution in [0.1, 0.15) is 37.0 Å². The first-order valence-corrected chi connectivity index (χ1v) is 7.78. The Labute approximate surface area is 128 Å². The third-order valence-electron chi connectivity index (χ3n) is 3.24. The summed E-state index contributed by atoms with van der Waals surface area (Å²) in [5.41, 5.74) is 7.88. The predicted molar refractivity (Wildman–Crippen MR) is 82.6 cm³/mol. The van der Waals surface area contributed by atoms with E-state index in [1.54, 1.807) is 17.4 Å². The molecule has 0 saturated heterocycles. The van der Waals surface area contributed by atoms with E-state index in [0.717, 1.165) is 16.8 Å². The highest BCUT2D eigenvalue weighted by Crippen LogP contribution is 2.24. The van der Waals surface area contributed by atoms with Crippen LogP contribution in [0.3, 0.4) is 0 Å². The largest absolute Gasteiger partial charge is 0.327 e. The maximum Gasteiger partial charge on any atom is 0.159 e. The molecule has 21 heavy (non-hydrogen) atoms. The normalized spacial score (nSPS) is 13.4. The Morgan fingerprint density at radius 2 is 1.90 bits per heavy atom. The van der Waals surface area contributed by atoms with Crippen molar-refractivity contribution in [1.82, 2.24) is 4.98 Å². The molecule has 1 aromatic heterocycles. The lowest BCUT2D eigenvalue weighted by molar-refractivity contribution is 0.506. The summed E-state index contributed by atoms with van der Waals surface area (Å²) in [5.74, 6) is -1.66. The molecule has 0 amide bonds. The minimum atomic E-state index is -0.831. The Bertz CT molecular complexity index is 617. The van der Waals surface area contributed by atoms with Gasteiger partial charge in [-0.15, -0.1) is 11.3 Å². The maximum atomic E-state index is 13.2. The molecule has 0 saturated carbocycles. The van der Waals surface area contributed by atoms with Gasteiger partial charge in [0.05, 0.1) is 10.7 Å². The smallest absolute Gasteiger partial charge is 0.159 e. The summed E-state index contributed by atoms with van der Waals surface area (Å²) in [6, 6.07) is 3.76. The lowest BCUT2D eigenvalue weighted by atomic mass is 9.93. The molecular formula is C16H20F2N2S. The molecule has 1 unspecified atom stereocenters. The van der Waals surface area contributed by atoms with Gasteiger partial charge in [0.2, 0.25) is 0 Å². The van der Waals surface area contributed by atoms with Crippen LogP contribution in [0.25, 0.3) is 0 Å². The van der Waals surface area contributed by atoms with Gasteiger partial charge in [0, 0.05) is 23.3 Å². The average molecular weight is 310 g/mol. The molecule has 0 aliphatic carbocycles. The minimum Gasteiger partial charge on any atom is -0.327 e. The third-order valence-corrected chi connectivity index (χ3v) is 4.11. The molecule has 0 spiro atoms. The number of hydrogen-bond acceptors (Lipinski definition) is 3. The van der Waals surface area contributed by atoms with Crippen LogP contribution < -0.4 is 5.73 Å². The number of aromatic nitrogens is 1. The van der Waals surface area contributed by atoms with Gasteiger partial charge in [-0.25, -0.2) is 13.8 Å². The fourth-order valence-electron chi connectivity index (χ4n) is 2.01. The van der Waals surface area contributed by atoms with E-state index in [4.69, 9.17) is 5.73 Å². The van der Waals surface area contributed by atoms with E-state index >= 15 is 0 Å². The van der Waals surface area contributed by atoms with Crippen LogP contribution in [0.15, 0.2) is 23.6 Å². The van der Waals surface area contributed by atoms with Gasteiger partial charge in [-0.05, 0) is 24.1 Å². The van der Waals surface area contributed by atoms with Crippen molar-refractivity contribution in [3.63, 3.8) is 0 Å². The minimum absolute atomic E-state index is 0.0267. The topological polar surface area (TPSA) is 38.9 Å². The quantitative estimate of drug-likeness (QED) is 0.932. The van der Waals surface area contributed by atoms with Gasteiger partial charge in [0.1, 0.15) is 0 Å². The molecule has 2 rings (SSSR count). The third kappa shape index (κ3) is 4.32. The Hall–Kier alpha value is -1.33. The van der Waals surface area contributed by atoms with Crippen molar-refractivity contribution in [3.8, 4) is 0 Å².